The van der Waals surface area contributed by atoms with Crippen LogP contribution < -0.4 is 10.1 Å². The smallest absolute Gasteiger partial charge is 0.410 e. The van der Waals surface area contributed by atoms with E-state index in [0.717, 1.165) is 12.8 Å². The van der Waals surface area contributed by atoms with Crippen LogP contribution in [0.25, 0.3) is 0 Å². The number of carbonyl (C=O) groups is 1. The van der Waals surface area contributed by atoms with E-state index in [0.29, 0.717) is 12.3 Å². The average molecular weight is 269 g/mol. The Hall–Kier alpha value is -2.29. The molecule has 0 aliphatic rings. The van der Waals surface area contributed by atoms with E-state index in [1.54, 1.807) is 0 Å². The molecule has 20 heavy (non-hydrogen) atoms. The minimum Gasteiger partial charge on any atom is -0.410 e. The molecule has 104 valence electrons. The van der Waals surface area contributed by atoms with Gasteiger partial charge in [0.2, 0.25) is 0 Å². The van der Waals surface area contributed by atoms with Gasteiger partial charge in [-0.2, -0.15) is 0 Å². The van der Waals surface area contributed by atoms with Gasteiger partial charge in [0.05, 0.1) is 0 Å². The maximum absolute atomic E-state index is 11.4. The fourth-order valence-electron chi connectivity index (χ4n) is 1.88. The molecule has 0 unspecified atom stereocenters. The maximum Gasteiger partial charge on any atom is 0.412 e. The highest BCUT2D eigenvalue weighted by molar-refractivity contribution is 5.70. The summed E-state index contributed by atoms with van der Waals surface area (Å²) in [5, 5.41) is 2.67. The summed E-state index contributed by atoms with van der Waals surface area (Å²) in [5.41, 5.74) is 2.46. The Balaban J connectivity index is 1.91. The third-order valence-electron chi connectivity index (χ3n) is 2.90. The van der Waals surface area contributed by atoms with Gasteiger partial charge in [0.15, 0.2) is 0 Å². The molecule has 1 amide bonds. The van der Waals surface area contributed by atoms with E-state index in [9.17, 15) is 4.79 Å². The molecule has 0 fully saturated rings. The molecule has 3 heteroatoms. The van der Waals surface area contributed by atoms with Crippen LogP contribution in [0.15, 0.2) is 54.6 Å². The molecule has 2 rings (SSSR count). The normalized spacial score (nSPS) is 10.1. The molecule has 0 spiro atoms. The molecular weight excluding hydrogens is 250 g/mol. The molecule has 2 aromatic carbocycles. The van der Waals surface area contributed by atoms with Crippen LogP contribution in [0, 0.1) is 0 Å². The van der Waals surface area contributed by atoms with Gasteiger partial charge in [-0.1, -0.05) is 49.4 Å². The average Bonchev–Trinajstić information content (AvgIpc) is 2.48. The highest BCUT2D eigenvalue weighted by Crippen LogP contribution is 2.15. The molecule has 0 saturated carbocycles. The van der Waals surface area contributed by atoms with Crippen LogP contribution >= 0.6 is 0 Å². The van der Waals surface area contributed by atoms with Crippen LogP contribution in [0.4, 0.5) is 4.79 Å². The molecule has 0 bridgehead atoms. The zero-order valence-electron chi connectivity index (χ0n) is 11.6. The van der Waals surface area contributed by atoms with Crippen molar-refractivity contribution < 1.29 is 9.53 Å². The predicted molar refractivity (Wildman–Crippen MR) is 80.0 cm³/mol. The molecule has 0 heterocycles. The Morgan fingerprint density at radius 3 is 2.30 bits per heavy atom. The second-order valence-electron chi connectivity index (χ2n) is 4.62. The van der Waals surface area contributed by atoms with E-state index in [-0.39, 0.29) is 0 Å². The Bertz CT molecular complexity index is 535. The van der Waals surface area contributed by atoms with Gasteiger partial charge in [0, 0.05) is 6.54 Å². The lowest BCUT2D eigenvalue weighted by molar-refractivity contribution is 0.200. The Labute approximate surface area is 119 Å². The lowest BCUT2D eigenvalue weighted by Gasteiger charge is -2.07. The lowest BCUT2D eigenvalue weighted by Crippen LogP contribution is -2.27. The number of rotatable bonds is 5. The van der Waals surface area contributed by atoms with Gasteiger partial charge >= 0.3 is 6.09 Å². The second kappa shape index (κ2) is 7.34. The largest absolute Gasteiger partial charge is 0.412 e. The summed E-state index contributed by atoms with van der Waals surface area (Å²) in [7, 11) is 0. The van der Waals surface area contributed by atoms with Gasteiger partial charge in [-0.15, -0.1) is 0 Å². The van der Waals surface area contributed by atoms with Crippen LogP contribution in [-0.2, 0) is 6.42 Å². The van der Waals surface area contributed by atoms with Crippen molar-refractivity contribution >= 4 is 6.09 Å². The van der Waals surface area contributed by atoms with Crippen molar-refractivity contribution in [3.05, 3.63) is 65.7 Å². The Kier molecular flexibility index (Phi) is 5.18. The fourth-order valence-corrected chi connectivity index (χ4v) is 1.88. The third kappa shape index (κ3) is 4.43. The van der Waals surface area contributed by atoms with Gasteiger partial charge in [-0.3, -0.25) is 0 Å². The summed E-state index contributed by atoms with van der Waals surface area (Å²) in [6.45, 7) is 2.63. The fraction of sp³-hybridized carbons (Fsp3) is 0.235. The van der Waals surface area contributed by atoms with Crippen LogP contribution in [-0.4, -0.2) is 12.6 Å². The topological polar surface area (TPSA) is 38.3 Å². The van der Waals surface area contributed by atoms with Crippen molar-refractivity contribution in [2.75, 3.05) is 6.54 Å². The molecular formula is C17H19NO2. The SMILES string of the molecule is CCCNC(=O)Oc1ccc(Cc2ccccc2)cc1. The molecule has 0 radical (unpaired) electrons. The van der Waals surface area contributed by atoms with E-state index >= 15 is 0 Å². The Morgan fingerprint density at radius 1 is 1.00 bits per heavy atom. The van der Waals surface area contributed by atoms with Crippen LogP contribution in [0.5, 0.6) is 5.75 Å². The van der Waals surface area contributed by atoms with E-state index in [1.165, 1.54) is 11.1 Å². The number of hydrogen-bond acceptors (Lipinski definition) is 2. The Morgan fingerprint density at radius 2 is 1.65 bits per heavy atom. The van der Waals surface area contributed by atoms with Crippen molar-refractivity contribution in [3.8, 4) is 5.75 Å². The zero-order chi connectivity index (χ0) is 14.2. The summed E-state index contributed by atoms with van der Waals surface area (Å²) < 4.78 is 5.17. The van der Waals surface area contributed by atoms with Crippen molar-refractivity contribution in [1.29, 1.82) is 0 Å². The van der Waals surface area contributed by atoms with E-state index in [4.69, 9.17) is 4.74 Å². The van der Waals surface area contributed by atoms with Crippen molar-refractivity contribution in [2.24, 2.45) is 0 Å². The van der Waals surface area contributed by atoms with Crippen molar-refractivity contribution in [1.82, 2.24) is 5.32 Å². The third-order valence-corrected chi connectivity index (χ3v) is 2.90. The molecule has 0 aliphatic carbocycles. The number of carbonyl (C=O) groups excluding carboxylic acids is 1. The maximum atomic E-state index is 11.4. The quantitative estimate of drug-likeness (QED) is 0.897. The number of amides is 1. The summed E-state index contributed by atoms with van der Waals surface area (Å²) in [4.78, 5) is 11.4. The summed E-state index contributed by atoms with van der Waals surface area (Å²) >= 11 is 0. The first kappa shape index (κ1) is 14.1. The zero-order valence-corrected chi connectivity index (χ0v) is 11.6. The lowest BCUT2D eigenvalue weighted by atomic mass is 10.1. The van der Waals surface area contributed by atoms with Gasteiger partial charge in [-0.25, -0.2) is 4.79 Å². The molecule has 1 N–H and O–H groups in total. The number of ether oxygens (including phenoxy) is 1. The van der Waals surface area contributed by atoms with Crippen molar-refractivity contribution in [3.63, 3.8) is 0 Å². The first-order valence-corrected chi connectivity index (χ1v) is 6.86. The summed E-state index contributed by atoms with van der Waals surface area (Å²) in [5.74, 6) is 0.565. The second-order valence-corrected chi connectivity index (χ2v) is 4.62. The molecule has 3 nitrogen and oxygen atoms in total. The van der Waals surface area contributed by atoms with Gasteiger partial charge < -0.3 is 10.1 Å². The number of benzene rings is 2. The minimum absolute atomic E-state index is 0.400. The molecule has 0 atom stereocenters. The highest BCUT2D eigenvalue weighted by Gasteiger charge is 2.03. The molecule has 2 aromatic rings. The van der Waals surface area contributed by atoms with Crippen LogP contribution in [0.3, 0.4) is 0 Å². The standard InChI is InChI=1S/C17H19NO2/c1-2-12-18-17(19)20-16-10-8-15(9-11-16)13-14-6-4-3-5-7-14/h3-11H,2,12-13H2,1H3,(H,18,19). The summed E-state index contributed by atoms with van der Waals surface area (Å²) in [6.07, 6.45) is 1.37. The first-order valence-electron chi connectivity index (χ1n) is 6.86. The van der Waals surface area contributed by atoms with E-state index in [2.05, 4.69) is 17.4 Å². The first-order chi connectivity index (χ1) is 9.78. The summed E-state index contributed by atoms with van der Waals surface area (Å²) in [6, 6.07) is 17.9. The molecule has 0 saturated heterocycles. The predicted octanol–water partition coefficient (Wildman–Crippen LogP) is 3.78. The number of nitrogens with one attached hydrogen (secondary N) is 1. The monoisotopic (exact) mass is 269 g/mol. The highest BCUT2D eigenvalue weighted by atomic mass is 16.5. The van der Waals surface area contributed by atoms with Gasteiger partial charge in [-0.05, 0) is 36.1 Å². The van der Waals surface area contributed by atoms with E-state index < -0.39 is 6.09 Å². The van der Waals surface area contributed by atoms with Crippen molar-refractivity contribution in [2.45, 2.75) is 19.8 Å². The molecule has 0 aromatic heterocycles. The van der Waals surface area contributed by atoms with Gasteiger partial charge in [0.1, 0.15) is 5.75 Å². The minimum atomic E-state index is -0.400. The van der Waals surface area contributed by atoms with Gasteiger partial charge in [0.25, 0.3) is 0 Å². The van der Waals surface area contributed by atoms with E-state index in [1.807, 2.05) is 49.4 Å². The number of hydrogen-bond donors (Lipinski definition) is 1. The van der Waals surface area contributed by atoms with Crippen LogP contribution in [0.2, 0.25) is 0 Å². The van der Waals surface area contributed by atoms with Crippen LogP contribution in [0.1, 0.15) is 24.5 Å². The molecule has 0 aliphatic heterocycles.